The van der Waals surface area contributed by atoms with Crippen molar-refractivity contribution in [3.8, 4) is 0 Å². The Labute approximate surface area is 168 Å². The van der Waals surface area contributed by atoms with E-state index < -0.39 is 0 Å². The predicted molar refractivity (Wildman–Crippen MR) is 115 cm³/mol. The molecule has 4 nitrogen and oxygen atoms in total. The quantitative estimate of drug-likeness (QED) is 0.760. The number of nitrogens with zero attached hydrogens (tertiary/aromatic N) is 4. The average Bonchev–Trinajstić information content (AvgIpc) is 3.39. The smallest absolute Gasteiger partial charge is 0.0924 e. The highest BCUT2D eigenvalue weighted by molar-refractivity contribution is 5.73. The molecule has 4 atom stereocenters. The third kappa shape index (κ3) is 1.60. The van der Waals surface area contributed by atoms with Gasteiger partial charge in [0.2, 0.25) is 0 Å². The van der Waals surface area contributed by atoms with Gasteiger partial charge >= 0.3 is 0 Å². The van der Waals surface area contributed by atoms with Gasteiger partial charge in [-0.15, -0.1) is 0 Å². The molecule has 6 rings (SSSR count). The van der Waals surface area contributed by atoms with Gasteiger partial charge in [0.1, 0.15) is 0 Å². The van der Waals surface area contributed by atoms with Crippen molar-refractivity contribution in [2.45, 2.75) is 36.0 Å². The Bertz CT molecular complexity index is 880. The topological polar surface area (TPSA) is 13.0 Å². The zero-order chi connectivity index (χ0) is 19.3. The van der Waals surface area contributed by atoms with Crippen LogP contribution in [0.3, 0.4) is 0 Å². The maximum Gasteiger partial charge on any atom is 0.0924 e. The Hall–Kier alpha value is -2.04. The average molecular weight is 375 g/mol. The van der Waals surface area contributed by atoms with Gasteiger partial charge in [-0.1, -0.05) is 36.4 Å². The zero-order valence-corrected chi connectivity index (χ0v) is 17.4. The second kappa shape index (κ2) is 5.31. The Kier molecular flexibility index (Phi) is 3.20. The Morgan fingerprint density at radius 3 is 1.46 bits per heavy atom. The number of fused-ring (bicyclic) bond motifs is 7. The highest BCUT2D eigenvalue weighted by Crippen LogP contribution is 2.68. The van der Waals surface area contributed by atoms with E-state index in [4.69, 9.17) is 0 Å². The molecule has 146 valence electrons. The molecule has 0 unspecified atom stereocenters. The number of rotatable bonds is 1. The van der Waals surface area contributed by atoms with Crippen LogP contribution < -0.4 is 9.80 Å². The molecule has 0 saturated carbocycles. The zero-order valence-electron chi connectivity index (χ0n) is 17.4. The first-order valence-electron chi connectivity index (χ1n) is 10.6. The molecule has 4 aliphatic heterocycles. The van der Waals surface area contributed by atoms with E-state index in [-0.39, 0.29) is 10.8 Å². The van der Waals surface area contributed by atoms with Crippen LogP contribution in [0.1, 0.15) is 24.0 Å². The maximum absolute atomic E-state index is 2.60. The van der Waals surface area contributed by atoms with Gasteiger partial charge in [-0.05, 0) is 50.2 Å². The number of benzene rings is 2. The summed E-state index contributed by atoms with van der Waals surface area (Å²) in [5.41, 5.74) is 6.21. The highest BCUT2D eigenvalue weighted by Gasteiger charge is 2.72. The Morgan fingerprint density at radius 2 is 1.04 bits per heavy atom. The number of likely N-dealkylation sites (N-methyl/N-ethyl adjacent to an activating group) is 4. The molecule has 28 heavy (non-hydrogen) atoms. The first-order chi connectivity index (χ1) is 13.5. The molecule has 2 fully saturated rings. The van der Waals surface area contributed by atoms with Gasteiger partial charge in [0.15, 0.2) is 0 Å². The van der Waals surface area contributed by atoms with E-state index in [1.54, 1.807) is 11.1 Å². The normalized spacial score (nSPS) is 36.6. The second-order valence-electron chi connectivity index (χ2n) is 9.41. The number of hydrogen-bond donors (Lipinski definition) is 0. The molecular weight excluding hydrogens is 344 g/mol. The van der Waals surface area contributed by atoms with Gasteiger partial charge in [-0.3, -0.25) is 9.80 Å². The molecule has 2 saturated heterocycles. The van der Waals surface area contributed by atoms with E-state index in [9.17, 15) is 0 Å². The molecule has 0 aliphatic carbocycles. The summed E-state index contributed by atoms with van der Waals surface area (Å²) in [6.07, 6.45) is 3.28. The van der Waals surface area contributed by atoms with Crippen molar-refractivity contribution in [2.24, 2.45) is 0 Å². The van der Waals surface area contributed by atoms with Crippen molar-refractivity contribution in [2.75, 3.05) is 51.1 Å². The summed E-state index contributed by atoms with van der Waals surface area (Å²) < 4.78 is 0. The standard InChI is InChI=1S/C24H30N4/c1-25-15-13-23(17-9-5-7-11-19(17)27(3)21(23)25)24-14-16-26(2)22(24)28(4)20-12-8-6-10-18(20)24/h5-12,21-22H,13-16H2,1-4H3/t21-,22-,23-,24-/m0/s1. The lowest BCUT2D eigenvalue weighted by Crippen LogP contribution is -2.62. The molecule has 4 heterocycles. The van der Waals surface area contributed by atoms with Crippen molar-refractivity contribution >= 4 is 11.4 Å². The molecule has 0 N–H and O–H groups in total. The van der Waals surface area contributed by atoms with Crippen LogP contribution in [0.15, 0.2) is 48.5 Å². The number of hydrogen-bond acceptors (Lipinski definition) is 4. The monoisotopic (exact) mass is 374 g/mol. The molecule has 0 bridgehead atoms. The van der Waals surface area contributed by atoms with Gasteiger partial charge in [0.25, 0.3) is 0 Å². The van der Waals surface area contributed by atoms with Crippen molar-refractivity contribution < 1.29 is 0 Å². The van der Waals surface area contributed by atoms with Gasteiger partial charge in [-0.2, -0.15) is 0 Å². The summed E-state index contributed by atoms with van der Waals surface area (Å²) in [4.78, 5) is 10.3. The molecule has 2 aromatic rings. The van der Waals surface area contributed by atoms with Crippen LogP contribution in [0.4, 0.5) is 11.4 Å². The van der Waals surface area contributed by atoms with Crippen molar-refractivity contribution in [3.05, 3.63) is 59.7 Å². The summed E-state index contributed by atoms with van der Waals surface area (Å²) >= 11 is 0. The van der Waals surface area contributed by atoms with Crippen LogP contribution in [0.5, 0.6) is 0 Å². The first kappa shape index (κ1) is 16.9. The minimum Gasteiger partial charge on any atom is -0.358 e. The summed E-state index contributed by atoms with van der Waals surface area (Å²) in [6, 6.07) is 18.4. The van der Waals surface area contributed by atoms with E-state index in [1.165, 1.54) is 24.2 Å². The molecule has 4 heteroatoms. The Balaban J connectivity index is 1.71. The minimum absolute atomic E-state index is 0.114. The fraction of sp³-hybridized carbons (Fsp3) is 0.500. The highest BCUT2D eigenvalue weighted by atomic mass is 15.4. The van der Waals surface area contributed by atoms with Crippen LogP contribution in [-0.4, -0.2) is 63.4 Å². The van der Waals surface area contributed by atoms with Gasteiger partial charge < -0.3 is 9.80 Å². The summed E-state index contributed by atoms with van der Waals surface area (Å²) in [5.74, 6) is 0. The number of para-hydroxylation sites is 2. The summed E-state index contributed by atoms with van der Waals surface area (Å²) in [5, 5.41) is 0. The van der Waals surface area contributed by atoms with E-state index in [0.717, 1.165) is 13.1 Å². The van der Waals surface area contributed by atoms with E-state index in [0.29, 0.717) is 12.3 Å². The van der Waals surface area contributed by atoms with Crippen LogP contribution in [-0.2, 0) is 10.8 Å². The molecule has 4 aliphatic rings. The van der Waals surface area contributed by atoms with Crippen molar-refractivity contribution in [1.29, 1.82) is 0 Å². The first-order valence-corrected chi connectivity index (χ1v) is 10.6. The lowest BCUT2D eigenvalue weighted by atomic mass is 9.55. The lowest BCUT2D eigenvalue weighted by molar-refractivity contribution is 0.126. The van der Waals surface area contributed by atoms with Crippen LogP contribution >= 0.6 is 0 Å². The third-order valence-corrected chi connectivity index (χ3v) is 8.49. The van der Waals surface area contributed by atoms with Crippen molar-refractivity contribution in [3.63, 3.8) is 0 Å². The Morgan fingerprint density at radius 1 is 0.643 bits per heavy atom. The number of anilines is 2. The molecular formula is C24H30N4. The minimum atomic E-state index is 0.114. The lowest BCUT2D eigenvalue weighted by Gasteiger charge is -2.50. The summed E-state index contributed by atoms with van der Waals surface area (Å²) in [7, 11) is 9.26. The molecule has 0 aromatic heterocycles. The fourth-order valence-electron chi connectivity index (χ4n) is 7.73. The van der Waals surface area contributed by atoms with E-state index >= 15 is 0 Å². The number of likely N-dealkylation sites (tertiary alicyclic amines) is 2. The van der Waals surface area contributed by atoms with Gasteiger partial charge in [-0.25, -0.2) is 0 Å². The van der Waals surface area contributed by atoms with E-state index in [1.807, 2.05) is 0 Å². The molecule has 2 aromatic carbocycles. The predicted octanol–water partition coefficient (Wildman–Crippen LogP) is 3.09. The SMILES string of the molecule is CN1CC[C@]2([C@]34CCN(C)[C@H]3N(C)c3ccccc34)c3ccccc3N(C)[C@H]12. The van der Waals surface area contributed by atoms with E-state index in [2.05, 4.69) is 96.3 Å². The van der Waals surface area contributed by atoms with Crippen LogP contribution in [0.25, 0.3) is 0 Å². The van der Waals surface area contributed by atoms with Gasteiger partial charge in [0.05, 0.1) is 12.3 Å². The van der Waals surface area contributed by atoms with Crippen LogP contribution in [0, 0.1) is 0 Å². The summed E-state index contributed by atoms with van der Waals surface area (Å²) in [6.45, 7) is 2.32. The maximum atomic E-state index is 2.60. The molecule has 0 radical (unpaired) electrons. The third-order valence-electron chi connectivity index (χ3n) is 8.49. The molecule has 0 spiro atoms. The second-order valence-corrected chi connectivity index (χ2v) is 9.41. The fourth-order valence-corrected chi connectivity index (χ4v) is 7.73. The van der Waals surface area contributed by atoms with Crippen molar-refractivity contribution in [1.82, 2.24) is 9.80 Å². The largest absolute Gasteiger partial charge is 0.358 e. The van der Waals surface area contributed by atoms with Crippen LogP contribution in [0.2, 0.25) is 0 Å². The van der Waals surface area contributed by atoms with Gasteiger partial charge in [0, 0.05) is 49.4 Å². The molecule has 0 amide bonds.